The van der Waals surface area contributed by atoms with Gasteiger partial charge >= 0.3 is 0 Å². The van der Waals surface area contributed by atoms with Crippen LogP contribution in [0.4, 0.5) is 11.4 Å². The van der Waals surface area contributed by atoms with Crippen LogP contribution in [0.25, 0.3) is 0 Å². The number of aryl methyl sites for hydroxylation is 1. The largest absolute Gasteiger partial charge is 0.385 e. The van der Waals surface area contributed by atoms with Gasteiger partial charge in [-0.1, -0.05) is 6.07 Å². The Kier molecular flexibility index (Phi) is 2.87. The van der Waals surface area contributed by atoms with E-state index in [9.17, 15) is 4.79 Å². The fraction of sp³-hybridized carbons (Fsp3) is 0.400. The Morgan fingerprint density at radius 1 is 1.33 bits per heavy atom. The van der Waals surface area contributed by atoms with Gasteiger partial charge in [-0.05, 0) is 43.4 Å². The van der Waals surface area contributed by atoms with Gasteiger partial charge in [-0.2, -0.15) is 0 Å². The lowest BCUT2D eigenvalue weighted by atomic mass is 10.0. The van der Waals surface area contributed by atoms with E-state index in [0.29, 0.717) is 5.92 Å². The second-order valence-electron chi connectivity index (χ2n) is 5.67. The van der Waals surface area contributed by atoms with Gasteiger partial charge in [0.05, 0.1) is 0 Å². The first-order valence-corrected chi connectivity index (χ1v) is 7.40. The molecule has 2 heterocycles. The van der Waals surface area contributed by atoms with E-state index >= 15 is 0 Å². The van der Waals surface area contributed by atoms with Gasteiger partial charge in [-0.3, -0.25) is 9.89 Å². The summed E-state index contributed by atoms with van der Waals surface area (Å²) in [4.78, 5) is 16.4. The first-order chi connectivity index (χ1) is 10.3. The monoisotopic (exact) mass is 283 g/mol. The van der Waals surface area contributed by atoms with Crippen molar-refractivity contribution in [3.05, 3.63) is 35.4 Å². The van der Waals surface area contributed by atoms with E-state index in [1.54, 1.807) is 0 Å². The molecule has 0 bridgehead atoms. The first kappa shape index (κ1) is 12.4. The molecule has 0 saturated heterocycles. The molecule has 0 radical (unpaired) electrons. The van der Waals surface area contributed by atoms with Gasteiger partial charge in [0.2, 0.25) is 5.82 Å². The maximum absolute atomic E-state index is 12.2. The number of hydrogen-bond acceptors (Lipinski definition) is 4. The Morgan fingerprint density at radius 3 is 3.10 bits per heavy atom. The number of aromatic nitrogens is 3. The third-order valence-electron chi connectivity index (χ3n) is 3.98. The van der Waals surface area contributed by atoms with Crippen LogP contribution in [0.15, 0.2) is 18.2 Å². The summed E-state index contributed by atoms with van der Waals surface area (Å²) in [6.45, 7) is 0.982. The zero-order chi connectivity index (χ0) is 14.2. The van der Waals surface area contributed by atoms with Crippen molar-refractivity contribution in [2.24, 2.45) is 0 Å². The second kappa shape index (κ2) is 4.87. The number of carbonyl (C=O) groups excluding carboxylic acids is 1. The van der Waals surface area contributed by atoms with E-state index in [0.717, 1.165) is 49.4 Å². The minimum atomic E-state index is -0.270. The highest BCUT2D eigenvalue weighted by molar-refractivity contribution is 6.01. The second-order valence-corrected chi connectivity index (χ2v) is 5.67. The number of anilines is 2. The third kappa shape index (κ3) is 2.49. The number of H-pyrrole nitrogens is 1. The molecular formula is C15H17N5O. The van der Waals surface area contributed by atoms with Crippen molar-refractivity contribution in [2.45, 2.75) is 31.6 Å². The van der Waals surface area contributed by atoms with Crippen molar-refractivity contribution in [3.63, 3.8) is 0 Å². The van der Waals surface area contributed by atoms with E-state index in [1.807, 2.05) is 12.1 Å². The Bertz CT molecular complexity index is 689. The highest BCUT2D eigenvalue weighted by Crippen LogP contribution is 2.37. The highest BCUT2D eigenvalue weighted by atomic mass is 16.2. The van der Waals surface area contributed by atoms with Crippen molar-refractivity contribution >= 4 is 17.3 Å². The Hall–Kier alpha value is -2.37. The van der Waals surface area contributed by atoms with Crippen LogP contribution in [0.2, 0.25) is 0 Å². The molecule has 1 aliphatic heterocycles. The molecule has 1 aromatic heterocycles. The van der Waals surface area contributed by atoms with Crippen LogP contribution < -0.4 is 10.6 Å². The predicted molar refractivity (Wildman–Crippen MR) is 79.6 cm³/mol. The number of nitrogens with zero attached hydrogens (tertiary/aromatic N) is 2. The van der Waals surface area contributed by atoms with E-state index in [4.69, 9.17) is 0 Å². The zero-order valence-electron chi connectivity index (χ0n) is 11.6. The van der Waals surface area contributed by atoms with E-state index in [-0.39, 0.29) is 11.7 Å². The van der Waals surface area contributed by atoms with Gasteiger partial charge in [-0.15, -0.1) is 5.10 Å². The maximum Gasteiger partial charge on any atom is 0.295 e. The molecule has 2 aliphatic rings. The molecule has 6 heteroatoms. The summed E-state index contributed by atoms with van der Waals surface area (Å²) >= 11 is 0. The average Bonchev–Trinajstić information content (AvgIpc) is 3.24. The highest BCUT2D eigenvalue weighted by Gasteiger charge is 2.28. The van der Waals surface area contributed by atoms with Crippen LogP contribution in [-0.2, 0) is 6.42 Å². The fourth-order valence-electron chi connectivity index (χ4n) is 2.64. The molecule has 0 unspecified atom stereocenters. The summed E-state index contributed by atoms with van der Waals surface area (Å²) in [7, 11) is 0. The topological polar surface area (TPSA) is 82.7 Å². The molecule has 108 valence electrons. The molecule has 1 fully saturated rings. The normalized spacial score (nSPS) is 17.0. The Labute approximate surface area is 122 Å². The van der Waals surface area contributed by atoms with Crippen molar-refractivity contribution in [1.29, 1.82) is 0 Å². The smallest absolute Gasteiger partial charge is 0.295 e. The summed E-state index contributed by atoms with van der Waals surface area (Å²) in [5, 5.41) is 13.1. The number of hydrogen-bond donors (Lipinski definition) is 3. The standard InChI is InChI=1S/C15H17N5O/c21-15(14-18-13(19-20-14)10-3-4-10)17-11-6-5-9-2-1-7-16-12(9)8-11/h5-6,8,10,16H,1-4,7H2,(H,17,21)(H,18,19,20). The van der Waals surface area contributed by atoms with Crippen molar-refractivity contribution in [3.8, 4) is 0 Å². The molecular weight excluding hydrogens is 266 g/mol. The van der Waals surface area contributed by atoms with Gasteiger partial charge in [0, 0.05) is 23.8 Å². The van der Waals surface area contributed by atoms with Gasteiger partial charge in [0.25, 0.3) is 5.91 Å². The summed E-state index contributed by atoms with van der Waals surface area (Å²) < 4.78 is 0. The van der Waals surface area contributed by atoms with Gasteiger partial charge in [-0.25, -0.2) is 4.98 Å². The Morgan fingerprint density at radius 2 is 2.24 bits per heavy atom. The minimum Gasteiger partial charge on any atom is -0.385 e. The summed E-state index contributed by atoms with van der Waals surface area (Å²) in [6, 6.07) is 5.96. The third-order valence-corrected chi connectivity index (χ3v) is 3.98. The first-order valence-electron chi connectivity index (χ1n) is 7.40. The van der Waals surface area contributed by atoms with Crippen molar-refractivity contribution in [2.75, 3.05) is 17.2 Å². The molecule has 1 aliphatic carbocycles. The molecule has 3 N–H and O–H groups in total. The molecule has 2 aromatic rings. The number of rotatable bonds is 3. The van der Waals surface area contributed by atoms with E-state index in [1.165, 1.54) is 5.56 Å². The van der Waals surface area contributed by atoms with Crippen LogP contribution in [0.3, 0.4) is 0 Å². The van der Waals surface area contributed by atoms with Crippen LogP contribution in [0.5, 0.6) is 0 Å². The molecule has 1 aromatic carbocycles. The van der Waals surface area contributed by atoms with Crippen LogP contribution in [0, 0.1) is 0 Å². The molecule has 4 rings (SSSR count). The molecule has 6 nitrogen and oxygen atoms in total. The van der Waals surface area contributed by atoms with Crippen LogP contribution in [0.1, 0.15) is 47.2 Å². The number of aromatic amines is 1. The average molecular weight is 283 g/mol. The number of amides is 1. The van der Waals surface area contributed by atoms with Crippen LogP contribution in [-0.4, -0.2) is 27.6 Å². The molecule has 0 atom stereocenters. The van der Waals surface area contributed by atoms with E-state index < -0.39 is 0 Å². The van der Waals surface area contributed by atoms with Crippen molar-refractivity contribution < 1.29 is 4.79 Å². The quantitative estimate of drug-likeness (QED) is 0.807. The lowest BCUT2D eigenvalue weighted by Crippen LogP contribution is -2.15. The van der Waals surface area contributed by atoms with Gasteiger partial charge in [0.15, 0.2) is 0 Å². The zero-order valence-corrected chi connectivity index (χ0v) is 11.6. The fourth-order valence-corrected chi connectivity index (χ4v) is 2.64. The molecule has 1 amide bonds. The van der Waals surface area contributed by atoms with Gasteiger partial charge < -0.3 is 10.6 Å². The Balaban J connectivity index is 1.50. The van der Waals surface area contributed by atoms with Gasteiger partial charge in [0.1, 0.15) is 5.82 Å². The van der Waals surface area contributed by atoms with Crippen molar-refractivity contribution in [1.82, 2.24) is 15.2 Å². The lowest BCUT2D eigenvalue weighted by Gasteiger charge is -2.18. The number of carbonyl (C=O) groups is 1. The van der Waals surface area contributed by atoms with Crippen LogP contribution >= 0.6 is 0 Å². The number of benzene rings is 1. The predicted octanol–water partition coefficient (Wildman–Crippen LogP) is 2.29. The molecule has 21 heavy (non-hydrogen) atoms. The summed E-state index contributed by atoms with van der Waals surface area (Å²) in [5.74, 6) is 1.23. The minimum absolute atomic E-state index is 0.211. The lowest BCUT2D eigenvalue weighted by molar-refractivity contribution is 0.101. The SMILES string of the molecule is O=C(Nc1ccc2c(c1)NCCC2)c1n[nH]c(C2CC2)n1. The maximum atomic E-state index is 12.2. The van der Waals surface area contributed by atoms with E-state index in [2.05, 4.69) is 31.9 Å². The molecule has 1 saturated carbocycles. The molecule has 0 spiro atoms. The summed E-state index contributed by atoms with van der Waals surface area (Å²) in [5.41, 5.74) is 3.17. The summed E-state index contributed by atoms with van der Waals surface area (Å²) in [6.07, 6.45) is 4.50. The number of fused-ring (bicyclic) bond motifs is 1. The number of nitrogens with one attached hydrogen (secondary N) is 3.